The van der Waals surface area contributed by atoms with E-state index in [1.54, 1.807) is 11.2 Å². The predicted octanol–water partition coefficient (Wildman–Crippen LogP) is 2.54. The fourth-order valence-electron chi connectivity index (χ4n) is 5.23. The summed E-state index contributed by atoms with van der Waals surface area (Å²) < 4.78 is 17.1. The minimum absolute atomic E-state index is 0.0221. The highest BCUT2D eigenvalue weighted by atomic mass is 19.1. The highest BCUT2D eigenvalue weighted by Gasteiger charge is 2.44. The lowest BCUT2D eigenvalue weighted by Crippen LogP contribution is -2.61. The topological polar surface area (TPSA) is 79.3 Å². The smallest absolute Gasteiger partial charge is 0.252 e. The third-order valence-electron chi connectivity index (χ3n) is 7.42. The molecule has 7 nitrogen and oxygen atoms in total. The number of imidazole rings is 1. The molecular weight excluding hydrogens is 409 g/mol. The lowest BCUT2D eigenvalue weighted by molar-refractivity contribution is -0.131. The molecule has 1 aromatic heterocycles. The van der Waals surface area contributed by atoms with Crippen LogP contribution in [0.4, 0.5) is 4.39 Å². The van der Waals surface area contributed by atoms with Crippen molar-refractivity contribution in [1.29, 1.82) is 0 Å². The van der Waals surface area contributed by atoms with Crippen molar-refractivity contribution >= 4 is 22.8 Å². The Balaban J connectivity index is 1.27. The van der Waals surface area contributed by atoms with Gasteiger partial charge in [0, 0.05) is 45.2 Å². The van der Waals surface area contributed by atoms with Crippen molar-refractivity contribution in [3.05, 3.63) is 41.5 Å². The molecular formula is C24H30FN5O2. The standard InChI is InChI=1S/C24H30FN5O2/c1-29-15-27-20-14-17(4-6-21(20)29)16-3-5-18(19(25)13-16)22(31)30-11-9-26-23(32)24(7-2-8-24)28-10-12-30/h4,6,14-16,28H,2-3,5,7-13H2,1H3,(H,26,32). The van der Waals surface area contributed by atoms with E-state index in [-0.39, 0.29) is 30.0 Å². The van der Waals surface area contributed by atoms with E-state index in [0.29, 0.717) is 38.2 Å². The number of hydrogen-bond acceptors (Lipinski definition) is 4. The van der Waals surface area contributed by atoms with E-state index in [2.05, 4.69) is 15.6 Å². The quantitative estimate of drug-likeness (QED) is 0.754. The largest absolute Gasteiger partial charge is 0.353 e. The monoisotopic (exact) mass is 439 g/mol. The zero-order chi connectivity index (χ0) is 22.3. The number of nitrogens with zero attached hydrogens (tertiary/aromatic N) is 3. The molecule has 2 heterocycles. The molecule has 1 aromatic carbocycles. The van der Waals surface area contributed by atoms with Gasteiger partial charge >= 0.3 is 0 Å². The van der Waals surface area contributed by atoms with Crippen molar-refractivity contribution in [3.63, 3.8) is 0 Å². The molecule has 2 aliphatic carbocycles. The second-order valence-electron chi connectivity index (χ2n) is 9.34. The maximum Gasteiger partial charge on any atom is 0.252 e. The Morgan fingerprint density at radius 3 is 2.81 bits per heavy atom. The van der Waals surface area contributed by atoms with Crippen LogP contribution in [0.25, 0.3) is 11.0 Å². The molecule has 0 radical (unpaired) electrons. The molecule has 1 aliphatic heterocycles. The second-order valence-corrected chi connectivity index (χ2v) is 9.34. The first-order valence-electron chi connectivity index (χ1n) is 11.6. The van der Waals surface area contributed by atoms with Gasteiger partial charge in [0.15, 0.2) is 0 Å². The van der Waals surface area contributed by atoms with Crippen LogP contribution in [0, 0.1) is 0 Å². The van der Waals surface area contributed by atoms with E-state index in [1.807, 2.05) is 29.8 Å². The summed E-state index contributed by atoms with van der Waals surface area (Å²) >= 11 is 0. The van der Waals surface area contributed by atoms with Crippen LogP contribution in [0.5, 0.6) is 0 Å². The fraction of sp³-hybridized carbons (Fsp3) is 0.542. The molecule has 2 amide bonds. The van der Waals surface area contributed by atoms with E-state index in [1.165, 1.54) is 0 Å². The summed E-state index contributed by atoms with van der Waals surface area (Å²) in [5, 5.41) is 6.29. The van der Waals surface area contributed by atoms with Crippen molar-refractivity contribution in [2.24, 2.45) is 7.05 Å². The summed E-state index contributed by atoms with van der Waals surface area (Å²) in [4.78, 5) is 31.7. The van der Waals surface area contributed by atoms with E-state index >= 15 is 4.39 Å². The van der Waals surface area contributed by atoms with E-state index < -0.39 is 5.54 Å². The first-order valence-corrected chi connectivity index (χ1v) is 11.6. The van der Waals surface area contributed by atoms with Crippen molar-refractivity contribution in [2.45, 2.75) is 50.0 Å². The van der Waals surface area contributed by atoms with Gasteiger partial charge < -0.3 is 20.1 Å². The van der Waals surface area contributed by atoms with Crippen molar-refractivity contribution in [2.75, 3.05) is 26.2 Å². The summed E-state index contributed by atoms with van der Waals surface area (Å²) in [7, 11) is 1.95. The van der Waals surface area contributed by atoms with Gasteiger partial charge in [0.1, 0.15) is 5.83 Å². The maximum absolute atomic E-state index is 15.1. The molecule has 3 aliphatic rings. The Labute approximate surface area is 187 Å². The first-order chi connectivity index (χ1) is 15.5. The van der Waals surface area contributed by atoms with E-state index in [9.17, 15) is 9.59 Å². The summed E-state index contributed by atoms with van der Waals surface area (Å²) in [6.45, 7) is 1.82. The van der Waals surface area contributed by atoms with Gasteiger partial charge in [-0.2, -0.15) is 0 Å². The van der Waals surface area contributed by atoms with Gasteiger partial charge in [-0.05, 0) is 55.7 Å². The van der Waals surface area contributed by atoms with Crippen molar-refractivity contribution in [1.82, 2.24) is 25.1 Å². The Morgan fingerprint density at radius 1 is 1.25 bits per heavy atom. The minimum Gasteiger partial charge on any atom is -0.353 e. The molecule has 2 N–H and O–H groups in total. The van der Waals surface area contributed by atoms with Crippen molar-refractivity contribution in [3.8, 4) is 0 Å². The number of hydrogen-bond donors (Lipinski definition) is 2. The number of nitrogens with one attached hydrogen (secondary N) is 2. The molecule has 8 heteroatoms. The van der Waals surface area contributed by atoms with E-state index in [0.717, 1.165) is 42.3 Å². The Morgan fingerprint density at radius 2 is 2.06 bits per heavy atom. The molecule has 2 aromatic rings. The summed E-state index contributed by atoms with van der Waals surface area (Å²) in [5.74, 6) is -0.469. The zero-order valence-corrected chi connectivity index (χ0v) is 18.5. The van der Waals surface area contributed by atoms with Crippen LogP contribution in [0.1, 0.15) is 50.0 Å². The minimum atomic E-state index is -0.476. The molecule has 5 rings (SSSR count). The molecule has 1 saturated heterocycles. The lowest BCUT2D eigenvalue weighted by atomic mass is 9.76. The Bertz CT molecular complexity index is 1090. The van der Waals surface area contributed by atoms with Gasteiger partial charge in [-0.25, -0.2) is 9.37 Å². The average Bonchev–Trinajstić information content (AvgIpc) is 3.16. The molecule has 32 heavy (non-hydrogen) atoms. The molecule has 1 saturated carbocycles. The van der Waals surface area contributed by atoms with Gasteiger partial charge in [0.25, 0.3) is 5.91 Å². The first kappa shape index (κ1) is 21.1. The SMILES string of the molecule is Cn1cnc2cc(C3CCC(C(=O)N4CCNC(=O)C5(CCC5)NCC4)=C(F)C3)ccc21. The Hall–Kier alpha value is -2.74. The number of rotatable bonds is 2. The van der Waals surface area contributed by atoms with Crippen LogP contribution in [-0.2, 0) is 16.6 Å². The molecule has 1 atom stereocenters. The van der Waals surface area contributed by atoms with Gasteiger partial charge in [-0.15, -0.1) is 0 Å². The Kier molecular flexibility index (Phi) is 5.49. The third kappa shape index (κ3) is 3.70. The molecule has 0 bridgehead atoms. The molecule has 1 unspecified atom stereocenters. The number of halogens is 1. The number of benzene rings is 1. The van der Waals surface area contributed by atoms with E-state index in [4.69, 9.17) is 0 Å². The van der Waals surface area contributed by atoms with Crippen LogP contribution < -0.4 is 10.6 Å². The predicted molar refractivity (Wildman–Crippen MR) is 120 cm³/mol. The van der Waals surface area contributed by atoms with Crippen LogP contribution in [0.3, 0.4) is 0 Å². The summed E-state index contributed by atoms with van der Waals surface area (Å²) in [5.41, 5.74) is 2.85. The van der Waals surface area contributed by atoms with Gasteiger partial charge in [0.2, 0.25) is 5.91 Å². The second kappa shape index (κ2) is 8.31. The number of aryl methyl sites for hydroxylation is 1. The van der Waals surface area contributed by atoms with Crippen LogP contribution >= 0.6 is 0 Å². The van der Waals surface area contributed by atoms with Gasteiger partial charge in [-0.1, -0.05) is 6.07 Å². The van der Waals surface area contributed by atoms with Crippen LogP contribution in [0.2, 0.25) is 0 Å². The highest BCUT2D eigenvalue weighted by molar-refractivity contribution is 5.94. The highest BCUT2D eigenvalue weighted by Crippen LogP contribution is 2.38. The molecule has 1 spiro atoms. The fourth-order valence-corrected chi connectivity index (χ4v) is 5.23. The maximum atomic E-state index is 15.1. The lowest BCUT2D eigenvalue weighted by Gasteiger charge is -2.40. The van der Waals surface area contributed by atoms with Crippen LogP contribution in [-0.4, -0.2) is 58.0 Å². The summed E-state index contributed by atoms with van der Waals surface area (Å²) in [6.07, 6.45) is 5.88. The zero-order valence-electron chi connectivity index (χ0n) is 18.5. The molecule has 170 valence electrons. The number of allylic oxidation sites excluding steroid dienone is 1. The van der Waals surface area contributed by atoms with Crippen LogP contribution in [0.15, 0.2) is 35.9 Å². The van der Waals surface area contributed by atoms with Crippen molar-refractivity contribution < 1.29 is 14.0 Å². The number of aromatic nitrogens is 2. The molecule has 2 fully saturated rings. The van der Waals surface area contributed by atoms with Gasteiger partial charge in [0.05, 0.1) is 22.9 Å². The number of carbonyl (C=O) groups excluding carboxylic acids is 2. The third-order valence-corrected chi connectivity index (χ3v) is 7.42. The number of fused-ring (bicyclic) bond motifs is 1. The number of amides is 2. The normalized spacial score (nSPS) is 24.0. The van der Waals surface area contributed by atoms with Gasteiger partial charge in [-0.3, -0.25) is 9.59 Å². The average molecular weight is 440 g/mol. The number of carbonyl (C=O) groups is 2. The summed E-state index contributed by atoms with van der Waals surface area (Å²) in [6, 6.07) is 6.10.